The van der Waals surface area contributed by atoms with Gasteiger partial charge in [-0.3, -0.25) is 5.01 Å². The second-order valence-corrected chi connectivity index (χ2v) is 10.4. The molecular formula is C21H28ClN4O2S+. The van der Waals surface area contributed by atoms with Crippen LogP contribution in [-0.2, 0) is 10.0 Å². The van der Waals surface area contributed by atoms with E-state index in [0.717, 1.165) is 47.4 Å². The molecule has 0 unspecified atom stereocenters. The molecule has 29 heavy (non-hydrogen) atoms. The van der Waals surface area contributed by atoms with Crippen LogP contribution in [0.2, 0.25) is 5.02 Å². The zero-order chi connectivity index (χ0) is 21.1. The van der Waals surface area contributed by atoms with Crippen LogP contribution in [0.25, 0.3) is 0 Å². The lowest BCUT2D eigenvalue weighted by atomic mass is 10.1. The molecule has 6 nitrogen and oxygen atoms in total. The summed E-state index contributed by atoms with van der Waals surface area (Å²) in [6.07, 6.45) is 1.62. The molecule has 0 saturated heterocycles. The van der Waals surface area contributed by atoms with E-state index < -0.39 is 10.0 Å². The normalized spacial score (nSPS) is 14.9. The summed E-state index contributed by atoms with van der Waals surface area (Å²) in [4.78, 5) is 0.271. The largest absolute Gasteiger partial charge is 0.331 e. The molecule has 0 aliphatic carbocycles. The summed E-state index contributed by atoms with van der Waals surface area (Å²) < 4.78 is 28.5. The molecule has 0 atom stereocenters. The van der Waals surface area contributed by atoms with Gasteiger partial charge in [0.25, 0.3) is 0 Å². The average molecular weight is 436 g/mol. The molecule has 8 heteroatoms. The van der Waals surface area contributed by atoms with Gasteiger partial charge in [0.2, 0.25) is 10.0 Å². The first-order chi connectivity index (χ1) is 13.6. The second kappa shape index (κ2) is 8.83. The Balaban J connectivity index is 1.63. The Morgan fingerprint density at radius 3 is 2.34 bits per heavy atom. The predicted molar refractivity (Wildman–Crippen MR) is 119 cm³/mol. The molecule has 1 heterocycles. The van der Waals surface area contributed by atoms with Crippen LogP contribution >= 0.6 is 11.6 Å². The molecule has 156 valence electrons. The van der Waals surface area contributed by atoms with E-state index in [0.29, 0.717) is 11.6 Å². The molecule has 3 rings (SSSR count). The van der Waals surface area contributed by atoms with Gasteiger partial charge in [-0.2, -0.15) is 5.10 Å². The minimum absolute atomic E-state index is 0.271. The Labute approximate surface area is 178 Å². The van der Waals surface area contributed by atoms with Crippen LogP contribution in [0, 0.1) is 0 Å². The third kappa shape index (κ3) is 6.02. The van der Waals surface area contributed by atoms with Gasteiger partial charge in [0.15, 0.2) is 0 Å². The fourth-order valence-corrected chi connectivity index (χ4v) is 4.33. The van der Waals surface area contributed by atoms with Crippen molar-refractivity contribution in [2.75, 3.05) is 45.8 Å². The van der Waals surface area contributed by atoms with Gasteiger partial charge in [-0.25, -0.2) is 13.1 Å². The fourth-order valence-electron chi connectivity index (χ4n) is 3.13. The summed E-state index contributed by atoms with van der Waals surface area (Å²) in [5, 5.41) is 7.27. The zero-order valence-corrected chi connectivity index (χ0v) is 18.7. The molecule has 0 radical (unpaired) electrons. The number of benzene rings is 2. The molecule has 0 saturated carbocycles. The number of hydrogen-bond donors (Lipinski definition) is 1. The maximum absolute atomic E-state index is 12.5. The molecule has 1 aliphatic rings. The van der Waals surface area contributed by atoms with E-state index >= 15 is 0 Å². The van der Waals surface area contributed by atoms with Crippen LogP contribution in [0.4, 0.5) is 5.69 Å². The SMILES string of the molecule is C[N+](C)(C)CCCNS(=O)(=O)c1ccc(N2CCC(c3ccc(Cl)cc3)=N2)cc1. The summed E-state index contributed by atoms with van der Waals surface area (Å²) in [5.41, 5.74) is 2.92. The summed E-state index contributed by atoms with van der Waals surface area (Å²) in [5.74, 6) is 0. The number of anilines is 1. The summed E-state index contributed by atoms with van der Waals surface area (Å²) in [6.45, 7) is 2.10. The third-order valence-electron chi connectivity index (χ3n) is 4.72. The highest BCUT2D eigenvalue weighted by Gasteiger charge is 2.19. The second-order valence-electron chi connectivity index (χ2n) is 8.19. The van der Waals surface area contributed by atoms with Crippen molar-refractivity contribution in [1.29, 1.82) is 0 Å². The molecule has 0 bridgehead atoms. The Morgan fingerprint density at radius 1 is 1.07 bits per heavy atom. The lowest BCUT2D eigenvalue weighted by molar-refractivity contribution is -0.870. The molecule has 0 fully saturated rings. The first-order valence-electron chi connectivity index (χ1n) is 9.65. The molecule has 1 aliphatic heterocycles. The molecule has 0 spiro atoms. The third-order valence-corrected chi connectivity index (χ3v) is 6.45. The number of nitrogens with zero attached hydrogens (tertiary/aromatic N) is 3. The van der Waals surface area contributed by atoms with E-state index in [9.17, 15) is 8.42 Å². The summed E-state index contributed by atoms with van der Waals surface area (Å²) >= 11 is 5.95. The fraction of sp³-hybridized carbons (Fsp3) is 0.381. The van der Waals surface area contributed by atoms with Crippen molar-refractivity contribution < 1.29 is 12.9 Å². The van der Waals surface area contributed by atoms with E-state index in [1.807, 2.05) is 29.3 Å². The van der Waals surface area contributed by atoms with Crippen LogP contribution in [-0.4, -0.2) is 59.4 Å². The quantitative estimate of drug-likeness (QED) is 0.511. The van der Waals surface area contributed by atoms with Gasteiger partial charge in [0.1, 0.15) is 0 Å². The van der Waals surface area contributed by atoms with Gasteiger partial charge >= 0.3 is 0 Å². The van der Waals surface area contributed by atoms with Gasteiger partial charge in [-0.1, -0.05) is 23.7 Å². The predicted octanol–water partition coefficient (Wildman–Crippen LogP) is 3.33. The first kappa shape index (κ1) is 21.8. The van der Waals surface area contributed by atoms with Crippen LogP contribution < -0.4 is 9.73 Å². The summed E-state index contributed by atoms with van der Waals surface area (Å²) in [6, 6.07) is 14.5. The van der Waals surface area contributed by atoms with Gasteiger partial charge in [0.05, 0.1) is 44.0 Å². The monoisotopic (exact) mass is 435 g/mol. The van der Waals surface area contributed by atoms with Crippen LogP contribution in [0.1, 0.15) is 18.4 Å². The standard InChI is InChI=1S/C21H28ClN4O2S/c1-26(2,3)16-4-14-23-29(27,28)20-11-9-19(10-12-20)25-15-13-21(24-25)17-5-7-18(22)8-6-17/h5-12,23H,4,13-16H2,1-3H3/q+1. The van der Waals surface area contributed by atoms with Crippen molar-refractivity contribution in [3.63, 3.8) is 0 Å². The van der Waals surface area contributed by atoms with Crippen molar-refractivity contribution in [2.24, 2.45) is 5.10 Å². The van der Waals surface area contributed by atoms with Crippen molar-refractivity contribution in [3.05, 3.63) is 59.1 Å². The van der Waals surface area contributed by atoms with E-state index in [1.165, 1.54) is 0 Å². The minimum atomic E-state index is -3.50. The number of hydrazone groups is 1. The van der Waals surface area contributed by atoms with Crippen molar-refractivity contribution in [3.8, 4) is 0 Å². The molecule has 0 amide bonds. The number of quaternary nitrogens is 1. The van der Waals surface area contributed by atoms with Gasteiger partial charge in [-0.15, -0.1) is 0 Å². The lowest BCUT2D eigenvalue weighted by Crippen LogP contribution is -2.37. The summed E-state index contributed by atoms with van der Waals surface area (Å²) in [7, 11) is 2.77. The minimum Gasteiger partial charge on any atom is -0.331 e. The van der Waals surface area contributed by atoms with E-state index in [2.05, 4.69) is 31.0 Å². The molecular weight excluding hydrogens is 408 g/mol. The van der Waals surface area contributed by atoms with Crippen molar-refractivity contribution in [1.82, 2.24) is 4.72 Å². The van der Waals surface area contributed by atoms with E-state index in [1.54, 1.807) is 24.3 Å². The zero-order valence-electron chi connectivity index (χ0n) is 17.1. The number of halogens is 1. The van der Waals surface area contributed by atoms with Gasteiger partial charge in [0, 0.05) is 31.0 Å². The highest BCUT2D eigenvalue weighted by molar-refractivity contribution is 7.89. The Kier molecular flexibility index (Phi) is 6.63. The number of sulfonamides is 1. The average Bonchev–Trinajstić information content (AvgIpc) is 3.15. The number of nitrogens with one attached hydrogen (secondary N) is 1. The number of hydrogen-bond acceptors (Lipinski definition) is 4. The maximum atomic E-state index is 12.5. The van der Waals surface area contributed by atoms with E-state index in [4.69, 9.17) is 11.6 Å². The van der Waals surface area contributed by atoms with E-state index in [-0.39, 0.29) is 4.90 Å². The Bertz CT molecular complexity index is 965. The van der Waals surface area contributed by atoms with Gasteiger partial charge in [-0.05, 0) is 42.0 Å². The number of rotatable bonds is 8. The van der Waals surface area contributed by atoms with Crippen LogP contribution in [0.5, 0.6) is 0 Å². The van der Waals surface area contributed by atoms with Crippen molar-refractivity contribution >= 4 is 33.0 Å². The first-order valence-corrected chi connectivity index (χ1v) is 11.5. The topological polar surface area (TPSA) is 61.8 Å². The Hall–Kier alpha value is -1.93. The molecule has 0 aromatic heterocycles. The molecule has 2 aromatic rings. The smallest absolute Gasteiger partial charge is 0.240 e. The molecule has 1 N–H and O–H groups in total. The molecule has 2 aromatic carbocycles. The highest BCUT2D eigenvalue weighted by Crippen LogP contribution is 2.24. The Morgan fingerprint density at radius 2 is 1.72 bits per heavy atom. The van der Waals surface area contributed by atoms with Crippen LogP contribution in [0.15, 0.2) is 58.5 Å². The lowest BCUT2D eigenvalue weighted by Gasteiger charge is -2.23. The highest BCUT2D eigenvalue weighted by atomic mass is 35.5. The van der Waals surface area contributed by atoms with Crippen LogP contribution in [0.3, 0.4) is 0 Å². The maximum Gasteiger partial charge on any atom is 0.240 e. The van der Waals surface area contributed by atoms with Crippen molar-refractivity contribution in [2.45, 2.75) is 17.7 Å². The van der Waals surface area contributed by atoms with Gasteiger partial charge < -0.3 is 4.48 Å².